The maximum atomic E-state index is 13.0. The molecule has 0 heterocycles. The molecular weight excluding hydrogens is 225 g/mol. The zero-order chi connectivity index (χ0) is 11.8. The van der Waals surface area contributed by atoms with Crippen molar-refractivity contribution in [3.05, 3.63) is 35.6 Å². The van der Waals surface area contributed by atoms with Gasteiger partial charge in [0.1, 0.15) is 5.82 Å². The minimum atomic E-state index is -0.192. The van der Waals surface area contributed by atoms with Crippen molar-refractivity contribution in [3.8, 4) is 0 Å². The average Bonchev–Trinajstić information content (AvgIpc) is 2.28. The number of unbranched alkanes of at least 4 members (excludes halogenated alkanes) is 1. The zero-order valence-corrected chi connectivity index (χ0v) is 10.3. The van der Waals surface area contributed by atoms with Gasteiger partial charge in [-0.15, -0.1) is 0 Å². The van der Waals surface area contributed by atoms with Gasteiger partial charge in [0.25, 0.3) is 0 Å². The lowest BCUT2D eigenvalue weighted by atomic mass is 10.1. The number of rotatable bonds is 7. The molecule has 0 aliphatic carbocycles. The summed E-state index contributed by atoms with van der Waals surface area (Å²) in [5.74, 6) is 0.582. The van der Waals surface area contributed by atoms with Gasteiger partial charge in [0.15, 0.2) is 0 Å². The van der Waals surface area contributed by atoms with E-state index in [1.54, 1.807) is 12.1 Å². The van der Waals surface area contributed by atoms with E-state index in [0.29, 0.717) is 0 Å². The lowest BCUT2D eigenvalue weighted by Crippen LogP contribution is -2.20. The van der Waals surface area contributed by atoms with Gasteiger partial charge in [-0.2, -0.15) is 0 Å². The molecule has 1 rings (SSSR count). The molecule has 1 aromatic carbocycles. The monoisotopic (exact) mass is 243 g/mol. The fraction of sp³-hybridized carbons (Fsp3) is 0.500. The molecule has 2 nitrogen and oxygen atoms in total. The molecule has 1 atom stereocenters. The number of halogens is 1. The molecule has 0 bridgehead atoms. The summed E-state index contributed by atoms with van der Waals surface area (Å²) in [7, 11) is 0. The summed E-state index contributed by atoms with van der Waals surface area (Å²) < 4.78 is 21.5. The van der Waals surface area contributed by atoms with E-state index in [1.807, 2.05) is 13.0 Å². The summed E-state index contributed by atoms with van der Waals surface area (Å²) in [4.78, 5) is 0. The van der Waals surface area contributed by atoms with E-state index in [4.69, 9.17) is 4.55 Å². The van der Waals surface area contributed by atoms with Crippen LogP contribution in [0.5, 0.6) is 0 Å². The quantitative estimate of drug-likeness (QED) is 0.568. The van der Waals surface area contributed by atoms with Gasteiger partial charge in [0.2, 0.25) is 0 Å². The van der Waals surface area contributed by atoms with Crippen LogP contribution in [0.1, 0.15) is 31.4 Å². The third kappa shape index (κ3) is 4.96. The van der Waals surface area contributed by atoms with E-state index in [-0.39, 0.29) is 11.9 Å². The van der Waals surface area contributed by atoms with Crippen molar-refractivity contribution in [2.45, 2.75) is 25.8 Å². The third-order valence-corrected chi connectivity index (χ3v) is 2.93. The molecule has 0 radical (unpaired) electrons. The van der Waals surface area contributed by atoms with Crippen molar-refractivity contribution in [2.24, 2.45) is 0 Å². The molecule has 90 valence electrons. The van der Waals surface area contributed by atoms with Gasteiger partial charge >= 0.3 is 0 Å². The van der Waals surface area contributed by atoms with E-state index in [0.717, 1.165) is 42.7 Å². The van der Waals surface area contributed by atoms with E-state index >= 15 is 0 Å². The van der Waals surface area contributed by atoms with E-state index in [9.17, 15) is 4.39 Å². The lowest BCUT2D eigenvalue weighted by Gasteiger charge is -2.14. The van der Waals surface area contributed by atoms with Crippen LogP contribution < -0.4 is 5.32 Å². The van der Waals surface area contributed by atoms with Crippen LogP contribution in [-0.2, 0) is 0 Å². The molecular formula is C12H18FNOS. The topological polar surface area (TPSA) is 32.3 Å². The van der Waals surface area contributed by atoms with Gasteiger partial charge in [0.05, 0.1) is 0 Å². The highest BCUT2D eigenvalue weighted by Gasteiger charge is 2.04. The van der Waals surface area contributed by atoms with Crippen molar-refractivity contribution in [3.63, 3.8) is 0 Å². The molecule has 0 saturated carbocycles. The summed E-state index contributed by atoms with van der Waals surface area (Å²) in [6.07, 6.45) is 2.01. The average molecular weight is 243 g/mol. The Kier molecular flexibility index (Phi) is 6.45. The standard InChI is InChI=1S/C12H18FNOS/c1-10(14-7-2-3-8-16-15)11-5-4-6-12(13)9-11/h4-6,9-10,14-15H,2-3,7-8H2,1H3. The highest BCUT2D eigenvalue weighted by molar-refractivity contribution is 7.93. The number of benzene rings is 1. The van der Waals surface area contributed by atoms with Crippen LogP contribution in [-0.4, -0.2) is 16.9 Å². The first kappa shape index (κ1) is 13.5. The second kappa shape index (κ2) is 7.65. The first-order chi connectivity index (χ1) is 7.74. The Balaban J connectivity index is 2.27. The van der Waals surface area contributed by atoms with Gasteiger partial charge in [-0.1, -0.05) is 12.1 Å². The summed E-state index contributed by atoms with van der Waals surface area (Å²) in [5.41, 5.74) is 0.969. The first-order valence-corrected chi connectivity index (χ1v) is 6.43. The van der Waals surface area contributed by atoms with Crippen LogP contribution in [0.15, 0.2) is 24.3 Å². The fourth-order valence-electron chi connectivity index (χ4n) is 1.50. The molecule has 0 spiro atoms. The molecule has 1 aromatic rings. The zero-order valence-electron chi connectivity index (χ0n) is 9.45. The molecule has 0 aromatic heterocycles. The third-order valence-electron chi connectivity index (χ3n) is 2.46. The van der Waals surface area contributed by atoms with E-state index < -0.39 is 0 Å². The minimum Gasteiger partial charge on any atom is -0.330 e. The molecule has 0 saturated heterocycles. The first-order valence-electron chi connectivity index (χ1n) is 5.49. The van der Waals surface area contributed by atoms with Crippen LogP contribution in [0.4, 0.5) is 4.39 Å². The van der Waals surface area contributed by atoms with Gasteiger partial charge in [-0.3, -0.25) is 0 Å². The lowest BCUT2D eigenvalue weighted by molar-refractivity contribution is 0.548. The van der Waals surface area contributed by atoms with Gasteiger partial charge < -0.3 is 9.87 Å². The van der Waals surface area contributed by atoms with Crippen LogP contribution in [0.3, 0.4) is 0 Å². The Labute approximate surface area is 100 Å². The van der Waals surface area contributed by atoms with Crippen LogP contribution >= 0.6 is 12.0 Å². The summed E-state index contributed by atoms with van der Waals surface area (Å²) in [6.45, 7) is 2.91. The second-order valence-corrected chi connectivity index (χ2v) is 4.44. The molecule has 4 heteroatoms. The Hall–Kier alpha value is -0.580. The molecule has 16 heavy (non-hydrogen) atoms. The van der Waals surface area contributed by atoms with Gasteiger partial charge in [-0.05, 0) is 56.0 Å². The predicted molar refractivity (Wildman–Crippen MR) is 67.1 cm³/mol. The Bertz CT molecular complexity index is 309. The molecule has 0 aliphatic rings. The van der Waals surface area contributed by atoms with Crippen LogP contribution in [0.2, 0.25) is 0 Å². The fourth-order valence-corrected chi connectivity index (χ4v) is 1.84. The van der Waals surface area contributed by atoms with Crippen LogP contribution in [0.25, 0.3) is 0 Å². The maximum absolute atomic E-state index is 13.0. The van der Waals surface area contributed by atoms with Crippen molar-refractivity contribution in [1.29, 1.82) is 0 Å². The second-order valence-electron chi connectivity index (χ2n) is 3.77. The number of nitrogens with one attached hydrogen (secondary N) is 1. The normalized spacial score (nSPS) is 12.7. The smallest absolute Gasteiger partial charge is 0.123 e. The largest absolute Gasteiger partial charge is 0.330 e. The molecule has 2 N–H and O–H groups in total. The van der Waals surface area contributed by atoms with Crippen LogP contribution in [0, 0.1) is 5.82 Å². The highest BCUT2D eigenvalue weighted by atomic mass is 32.2. The summed E-state index contributed by atoms with van der Waals surface area (Å²) in [6, 6.07) is 6.82. The predicted octanol–water partition coefficient (Wildman–Crippen LogP) is 3.46. The van der Waals surface area contributed by atoms with Crippen molar-refractivity contribution in [2.75, 3.05) is 12.3 Å². The molecule has 0 fully saturated rings. The van der Waals surface area contributed by atoms with Crippen molar-refractivity contribution < 1.29 is 8.94 Å². The Morgan fingerprint density at radius 2 is 2.25 bits per heavy atom. The van der Waals surface area contributed by atoms with E-state index in [1.165, 1.54) is 6.07 Å². The maximum Gasteiger partial charge on any atom is 0.123 e. The molecule has 1 unspecified atom stereocenters. The molecule has 0 amide bonds. The number of hydrogen-bond acceptors (Lipinski definition) is 3. The van der Waals surface area contributed by atoms with E-state index in [2.05, 4.69) is 5.32 Å². The Morgan fingerprint density at radius 3 is 2.94 bits per heavy atom. The summed E-state index contributed by atoms with van der Waals surface area (Å²) >= 11 is 0.881. The Morgan fingerprint density at radius 1 is 1.44 bits per heavy atom. The minimum absolute atomic E-state index is 0.164. The van der Waals surface area contributed by atoms with Crippen molar-refractivity contribution >= 4 is 12.0 Å². The molecule has 0 aliphatic heterocycles. The highest BCUT2D eigenvalue weighted by Crippen LogP contribution is 2.13. The van der Waals surface area contributed by atoms with Gasteiger partial charge in [0, 0.05) is 11.8 Å². The summed E-state index contributed by atoms with van der Waals surface area (Å²) in [5, 5.41) is 3.33. The number of hydrogen-bond donors (Lipinski definition) is 2. The van der Waals surface area contributed by atoms with Gasteiger partial charge in [-0.25, -0.2) is 4.39 Å². The SMILES string of the molecule is CC(NCCCCSO)c1cccc(F)c1. The van der Waals surface area contributed by atoms with Crippen molar-refractivity contribution in [1.82, 2.24) is 5.32 Å².